The van der Waals surface area contributed by atoms with Crippen LogP contribution in [0.25, 0.3) is 0 Å². The van der Waals surface area contributed by atoms with Crippen LogP contribution < -0.4 is 5.32 Å². The van der Waals surface area contributed by atoms with E-state index in [0.717, 1.165) is 18.1 Å². The van der Waals surface area contributed by atoms with Crippen LogP contribution in [0.3, 0.4) is 0 Å². The Balaban J connectivity index is 1.53. The van der Waals surface area contributed by atoms with Gasteiger partial charge in [-0.25, -0.2) is 0 Å². The maximum Gasteiger partial charge on any atom is 0.0409 e. The summed E-state index contributed by atoms with van der Waals surface area (Å²) in [6, 6.07) is 15.2. The third kappa shape index (κ3) is 3.50. The summed E-state index contributed by atoms with van der Waals surface area (Å²) >= 11 is 8.18. The number of nitrogens with zero attached hydrogens (tertiary/aromatic N) is 1. The summed E-state index contributed by atoms with van der Waals surface area (Å²) in [5, 5.41) is 4.28. The highest BCUT2D eigenvalue weighted by molar-refractivity contribution is 7.99. The van der Waals surface area contributed by atoms with Crippen molar-refractivity contribution in [2.75, 3.05) is 32.7 Å². The highest BCUT2D eigenvalue weighted by atomic mass is 35.5. The number of hydrogen-bond donors (Lipinski definition) is 1. The lowest BCUT2D eigenvalue weighted by Gasteiger charge is -2.30. The van der Waals surface area contributed by atoms with E-state index in [-0.39, 0.29) is 0 Å². The van der Waals surface area contributed by atoms with E-state index in [9.17, 15) is 0 Å². The van der Waals surface area contributed by atoms with Crippen molar-refractivity contribution < 1.29 is 0 Å². The van der Waals surface area contributed by atoms with Crippen LogP contribution >= 0.6 is 23.4 Å². The summed E-state index contributed by atoms with van der Waals surface area (Å²) < 4.78 is 0. The summed E-state index contributed by atoms with van der Waals surface area (Å²) in [6.07, 6.45) is 2.42. The average molecular weight is 359 g/mol. The summed E-state index contributed by atoms with van der Waals surface area (Å²) in [6.45, 7) is 5.81. The van der Waals surface area contributed by atoms with Crippen LogP contribution in [0.15, 0.2) is 52.3 Å². The van der Waals surface area contributed by atoms with E-state index in [0.29, 0.717) is 5.92 Å². The topological polar surface area (TPSA) is 15.3 Å². The minimum absolute atomic E-state index is 0.471. The van der Waals surface area contributed by atoms with Gasteiger partial charge in [0.05, 0.1) is 0 Å². The zero-order valence-electron chi connectivity index (χ0n) is 13.8. The van der Waals surface area contributed by atoms with Gasteiger partial charge in [-0.2, -0.15) is 0 Å². The Morgan fingerprint density at radius 2 is 1.83 bits per heavy atom. The molecule has 0 bridgehead atoms. The molecule has 4 heteroatoms. The molecule has 0 radical (unpaired) electrons. The first kappa shape index (κ1) is 16.5. The summed E-state index contributed by atoms with van der Waals surface area (Å²) in [7, 11) is 0. The Kier molecular flexibility index (Phi) is 5.14. The SMILES string of the molecule is Clc1ccc2c(c1)C(CCCN1CCNCC1)c1ccccc1S2. The van der Waals surface area contributed by atoms with Gasteiger partial charge in [-0.3, -0.25) is 0 Å². The molecule has 0 spiro atoms. The van der Waals surface area contributed by atoms with E-state index in [1.165, 1.54) is 53.4 Å². The van der Waals surface area contributed by atoms with Crippen molar-refractivity contribution in [3.8, 4) is 0 Å². The number of benzene rings is 2. The van der Waals surface area contributed by atoms with Crippen molar-refractivity contribution in [2.45, 2.75) is 28.6 Å². The Hall–Kier alpha value is -1.00. The van der Waals surface area contributed by atoms with Gasteiger partial charge >= 0.3 is 0 Å². The number of nitrogens with one attached hydrogen (secondary N) is 1. The lowest BCUT2D eigenvalue weighted by molar-refractivity contribution is 0.235. The van der Waals surface area contributed by atoms with Crippen LogP contribution in [0.5, 0.6) is 0 Å². The molecule has 0 aliphatic carbocycles. The first-order chi connectivity index (χ1) is 11.8. The third-order valence-corrected chi connectivity index (χ3v) is 6.46. The number of rotatable bonds is 4. The first-order valence-electron chi connectivity index (χ1n) is 8.80. The maximum absolute atomic E-state index is 6.30. The molecule has 0 amide bonds. The van der Waals surface area contributed by atoms with Crippen molar-refractivity contribution in [1.82, 2.24) is 10.2 Å². The molecule has 2 heterocycles. The molecular formula is C20H23ClN2S. The van der Waals surface area contributed by atoms with E-state index < -0.39 is 0 Å². The smallest absolute Gasteiger partial charge is 0.0409 e. The van der Waals surface area contributed by atoms with Crippen molar-refractivity contribution in [3.63, 3.8) is 0 Å². The number of fused-ring (bicyclic) bond motifs is 2. The molecule has 2 aliphatic rings. The average Bonchev–Trinajstić information content (AvgIpc) is 2.62. The lowest BCUT2D eigenvalue weighted by atomic mass is 9.87. The monoisotopic (exact) mass is 358 g/mol. The van der Waals surface area contributed by atoms with Crippen LogP contribution in [-0.2, 0) is 0 Å². The van der Waals surface area contributed by atoms with Gasteiger partial charge in [-0.05, 0) is 54.8 Å². The molecule has 2 aromatic rings. The molecule has 2 aromatic carbocycles. The lowest BCUT2D eigenvalue weighted by Crippen LogP contribution is -2.43. The van der Waals surface area contributed by atoms with Crippen LogP contribution in [0.4, 0.5) is 0 Å². The van der Waals surface area contributed by atoms with Crippen LogP contribution in [0, 0.1) is 0 Å². The maximum atomic E-state index is 6.30. The van der Waals surface area contributed by atoms with Gasteiger partial charge in [0.1, 0.15) is 0 Å². The van der Waals surface area contributed by atoms with E-state index in [2.05, 4.69) is 46.6 Å². The van der Waals surface area contributed by atoms with E-state index >= 15 is 0 Å². The molecule has 1 N–H and O–H groups in total. The second kappa shape index (κ2) is 7.49. The highest BCUT2D eigenvalue weighted by Crippen LogP contribution is 2.48. The molecule has 4 rings (SSSR count). The largest absolute Gasteiger partial charge is 0.314 e. The van der Waals surface area contributed by atoms with E-state index in [1.807, 2.05) is 17.8 Å². The molecule has 1 unspecified atom stereocenters. The van der Waals surface area contributed by atoms with Crippen LogP contribution in [0.1, 0.15) is 29.9 Å². The molecular weight excluding hydrogens is 336 g/mol. The predicted molar refractivity (Wildman–Crippen MR) is 102 cm³/mol. The molecule has 1 saturated heterocycles. The van der Waals surface area contributed by atoms with Gasteiger partial charge < -0.3 is 10.2 Å². The number of halogens is 1. The number of hydrogen-bond acceptors (Lipinski definition) is 3. The van der Waals surface area contributed by atoms with Gasteiger partial charge in [0.2, 0.25) is 0 Å². The molecule has 1 atom stereocenters. The van der Waals surface area contributed by atoms with E-state index in [1.54, 1.807) is 0 Å². The quantitative estimate of drug-likeness (QED) is 0.858. The molecule has 0 aromatic heterocycles. The van der Waals surface area contributed by atoms with Crippen molar-refractivity contribution >= 4 is 23.4 Å². The first-order valence-corrected chi connectivity index (χ1v) is 10.00. The summed E-state index contributed by atoms with van der Waals surface area (Å²) in [4.78, 5) is 5.35. The van der Waals surface area contributed by atoms with Gasteiger partial charge in [0.15, 0.2) is 0 Å². The van der Waals surface area contributed by atoms with Crippen molar-refractivity contribution in [3.05, 3.63) is 58.6 Å². The molecule has 2 nitrogen and oxygen atoms in total. The van der Waals surface area contributed by atoms with E-state index in [4.69, 9.17) is 11.6 Å². The van der Waals surface area contributed by atoms with Crippen LogP contribution in [-0.4, -0.2) is 37.6 Å². The minimum atomic E-state index is 0.471. The predicted octanol–water partition coefficient (Wildman–Crippen LogP) is 4.62. The van der Waals surface area contributed by atoms with Gasteiger partial charge in [0.25, 0.3) is 0 Å². The van der Waals surface area contributed by atoms with Crippen LogP contribution in [0.2, 0.25) is 5.02 Å². The Morgan fingerprint density at radius 3 is 2.71 bits per heavy atom. The zero-order chi connectivity index (χ0) is 16.4. The fourth-order valence-electron chi connectivity index (χ4n) is 3.80. The van der Waals surface area contributed by atoms with Crippen molar-refractivity contribution in [2.24, 2.45) is 0 Å². The van der Waals surface area contributed by atoms with Crippen molar-refractivity contribution in [1.29, 1.82) is 0 Å². The number of piperazine rings is 1. The second-order valence-corrected chi connectivity index (χ2v) is 8.13. The van der Waals surface area contributed by atoms with Gasteiger partial charge in [0, 0.05) is 46.9 Å². The molecule has 0 saturated carbocycles. The summed E-state index contributed by atoms with van der Waals surface area (Å²) in [5.41, 5.74) is 2.88. The van der Waals surface area contributed by atoms with Gasteiger partial charge in [-0.15, -0.1) is 0 Å². The van der Waals surface area contributed by atoms with Gasteiger partial charge in [-0.1, -0.05) is 41.6 Å². The Morgan fingerprint density at radius 1 is 1.04 bits per heavy atom. The molecule has 2 aliphatic heterocycles. The fourth-order valence-corrected chi connectivity index (χ4v) is 5.14. The highest BCUT2D eigenvalue weighted by Gasteiger charge is 2.26. The fraction of sp³-hybridized carbons (Fsp3) is 0.400. The second-order valence-electron chi connectivity index (χ2n) is 6.61. The summed E-state index contributed by atoms with van der Waals surface area (Å²) in [5.74, 6) is 0.471. The standard InChI is InChI=1S/C20H23ClN2S/c21-15-7-8-20-18(14-15)16(17-4-1-2-6-19(17)24-20)5-3-11-23-12-9-22-10-13-23/h1-2,4,6-8,14,16,22H,3,5,9-13H2. The molecule has 1 fully saturated rings. The molecule has 126 valence electrons. The zero-order valence-corrected chi connectivity index (χ0v) is 15.4. The Labute approximate surface area is 153 Å². The Bertz CT molecular complexity index is 713. The normalized spacial score (nSPS) is 20.5. The third-order valence-electron chi connectivity index (χ3n) is 5.04. The molecule has 24 heavy (non-hydrogen) atoms. The minimum Gasteiger partial charge on any atom is -0.314 e.